The quantitative estimate of drug-likeness (QED) is 0.702. The van der Waals surface area contributed by atoms with Crippen molar-refractivity contribution in [2.45, 2.75) is 13.0 Å². The van der Waals surface area contributed by atoms with Crippen LogP contribution in [0, 0.1) is 0 Å². The fourth-order valence-corrected chi connectivity index (χ4v) is 2.73. The summed E-state index contributed by atoms with van der Waals surface area (Å²) in [6, 6.07) is 15.1. The second-order valence-corrected chi connectivity index (χ2v) is 5.67. The zero-order chi connectivity index (χ0) is 15.4. The summed E-state index contributed by atoms with van der Waals surface area (Å²) in [5.74, 6) is 0.299. The van der Waals surface area contributed by atoms with Crippen LogP contribution in [0.15, 0.2) is 54.7 Å². The van der Waals surface area contributed by atoms with Gasteiger partial charge in [0.25, 0.3) is 0 Å². The highest BCUT2D eigenvalue weighted by Gasteiger charge is 2.04. The van der Waals surface area contributed by atoms with E-state index in [1.807, 2.05) is 36.4 Å². The van der Waals surface area contributed by atoms with Gasteiger partial charge in [0.1, 0.15) is 5.75 Å². The highest BCUT2D eigenvalue weighted by Crippen LogP contribution is 2.22. The summed E-state index contributed by atoms with van der Waals surface area (Å²) in [6.45, 7) is 1.58. The third kappa shape index (κ3) is 3.56. The number of hydrogen-bond acceptors (Lipinski definition) is 3. The highest BCUT2D eigenvalue weighted by atomic mass is 35.5. The monoisotopic (exact) mass is 312 g/mol. The molecule has 0 unspecified atom stereocenters. The van der Waals surface area contributed by atoms with E-state index >= 15 is 0 Å². The maximum Gasteiger partial charge on any atom is 0.115 e. The molecule has 0 saturated heterocycles. The number of fused-ring (bicyclic) bond motifs is 1. The third-order valence-corrected chi connectivity index (χ3v) is 3.81. The van der Waals surface area contributed by atoms with Crippen molar-refractivity contribution in [3.05, 3.63) is 70.9 Å². The van der Waals surface area contributed by atoms with E-state index < -0.39 is 0 Å². The molecule has 3 nitrogen and oxygen atoms in total. The van der Waals surface area contributed by atoms with Crippen LogP contribution in [0.3, 0.4) is 0 Å². The number of phenolic OH excluding ortho intramolecular Hbond substituents is 1. The van der Waals surface area contributed by atoms with Gasteiger partial charge < -0.3 is 10.4 Å². The van der Waals surface area contributed by atoms with E-state index in [4.69, 9.17) is 11.6 Å². The fraction of sp³-hybridized carbons (Fsp3) is 0.167. The first kappa shape index (κ1) is 14.8. The van der Waals surface area contributed by atoms with Crippen molar-refractivity contribution in [1.29, 1.82) is 0 Å². The van der Waals surface area contributed by atoms with Gasteiger partial charge in [-0.2, -0.15) is 0 Å². The van der Waals surface area contributed by atoms with Crippen molar-refractivity contribution >= 4 is 22.5 Å². The molecule has 22 heavy (non-hydrogen) atoms. The summed E-state index contributed by atoms with van der Waals surface area (Å²) in [6.07, 6.45) is 2.71. The van der Waals surface area contributed by atoms with Crippen molar-refractivity contribution in [3.8, 4) is 5.75 Å². The van der Waals surface area contributed by atoms with Gasteiger partial charge in [0.05, 0.1) is 5.52 Å². The number of aromatic hydroxyl groups is 1. The molecule has 0 amide bonds. The number of hydrogen-bond donors (Lipinski definition) is 2. The molecule has 0 aliphatic rings. The summed E-state index contributed by atoms with van der Waals surface area (Å²) in [5.41, 5.74) is 3.29. The number of pyridine rings is 1. The first-order valence-corrected chi connectivity index (χ1v) is 7.62. The van der Waals surface area contributed by atoms with Crippen molar-refractivity contribution in [3.63, 3.8) is 0 Å². The lowest BCUT2D eigenvalue weighted by atomic mass is 10.1. The van der Waals surface area contributed by atoms with Gasteiger partial charge in [0, 0.05) is 23.2 Å². The minimum absolute atomic E-state index is 0.299. The van der Waals surface area contributed by atoms with E-state index in [-0.39, 0.29) is 0 Å². The van der Waals surface area contributed by atoms with E-state index in [0.717, 1.165) is 41.0 Å². The molecule has 0 spiro atoms. The van der Waals surface area contributed by atoms with Crippen LogP contribution in [0.1, 0.15) is 11.1 Å². The van der Waals surface area contributed by atoms with Gasteiger partial charge in [-0.1, -0.05) is 29.8 Å². The van der Waals surface area contributed by atoms with Crippen LogP contribution in [0.2, 0.25) is 5.02 Å². The SMILES string of the molecule is Oc1ccc(CCNCc2cc(Cl)cc3cccnc23)cc1. The van der Waals surface area contributed by atoms with Crippen molar-refractivity contribution in [1.82, 2.24) is 10.3 Å². The fourth-order valence-electron chi connectivity index (χ4n) is 2.48. The zero-order valence-electron chi connectivity index (χ0n) is 12.1. The molecule has 3 rings (SSSR count). The number of halogens is 1. The molecule has 0 bridgehead atoms. The average Bonchev–Trinajstić information content (AvgIpc) is 2.53. The summed E-state index contributed by atoms with van der Waals surface area (Å²) >= 11 is 6.17. The minimum Gasteiger partial charge on any atom is -0.508 e. The van der Waals surface area contributed by atoms with E-state index in [1.54, 1.807) is 18.3 Å². The molecule has 0 saturated carbocycles. The molecule has 1 aromatic heterocycles. The number of nitrogens with zero attached hydrogens (tertiary/aromatic N) is 1. The second kappa shape index (κ2) is 6.77. The Hall–Kier alpha value is -2.10. The maximum absolute atomic E-state index is 9.27. The number of phenols is 1. The van der Waals surface area contributed by atoms with Crippen LogP contribution in [0.4, 0.5) is 0 Å². The molecule has 1 heterocycles. The predicted molar refractivity (Wildman–Crippen MR) is 90.3 cm³/mol. The van der Waals surface area contributed by atoms with Crippen molar-refractivity contribution < 1.29 is 5.11 Å². The first-order chi connectivity index (χ1) is 10.7. The van der Waals surface area contributed by atoms with Gasteiger partial charge in [-0.05, 0) is 54.4 Å². The summed E-state index contributed by atoms with van der Waals surface area (Å²) in [5, 5.41) is 14.5. The van der Waals surface area contributed by atoms with Gasteiger partial charge in [0.2, 0.25) is 0 Å². The van der Waals surface area contributed by atoms with Gasteiger partial charge in [-0.3, -0.25) is 4.98 Å². The smallest absolute Gasteiger partial charge is 0.115 e. The molecule has 0 aliphatic heterocycles. The standard InChI is InChI=1S/C18H17ClN2O/c19-16-10-14-2-1-8-21-18(14)15(11-16)12-20-9-7-13-3-5-17(22)6-4-13/h1-6,8,10-11,20,22H,7,9,12H2. The van der Waals surface area contributed by atoms with E-state index in [1.165, 1.54) is 5.56 Å². The Morgan fingerprint density at radius 1 is 1.09 bits per heavy atom. The molecule has 3 aromatic rings. The molecule has 2 N–H and O–H groups in total. The Balaban J connectivity index is 1.63. The molecule has 0 radical (unpaired) electrons. The number of benzene rings is 2. The Morgan fingerprint density at radius 2 is 1.91 bits per heavy atom. The van der Waals surface area contributed by atoms with Crippen molar-refractivity contribution in [2.24, 2.45) is 0 Å². The van der Waals surface area contributed by atoms with Gasteiger partial charge >= 0.3 is 0 Å². The molecule has 112 valence electrons. The molecule has 0 atom stereocenters. The molecule has 4 heteroatoms. The number of nitrogens with one attached hydrogen (secondary N) is 1. The van der Waals surface area contributed by atoms with Crippen LogP contribution in [-0.4, -0.2) is 16.6 Å². The molecule has 2 aromatic carbocycles. The molecular weight excluding hydrogens is 296 g/mol. The van der Waals surface area contributed by atoms with Gasteiger partial charge in [0.15, 0.2) is 0 Å². The topological polar surface area (TPSA) is 45.1 Å². The number of rotatable bonds is 5. The second-order valence-electron chi connectivity index (χ2n) is 5.23. The maximum atomic E-state index is 9.27. The van der Waals surface area contributed by atoms with E-state index in [0.29, 0.717) is 5.75 Å². The van der Waals surface area contributed by atoms with Crippen molar-refractivity contribution in [2.75, 3.05) is 6.54 Å². The third-order valence-electron chi connectivity index (χ3n) is 3.59. The summed E-state index contributed by atoms with van der Waals surface area (Å²) in [7, 11) is 0. The average molecular weight is 313 g/mol. The van der Waals surface area contributed by atoms with Gasteiger partial charge in [-0.25, -0.2) is 0 Å². The largest absolute Gasteiger partial charge is 0.508 e. The lowest BCUT2D eigenvalue weighted by Gasteiger charge is -2.09. The Kier molecular flexibility index (Phi) is 4.56. The number of aromatic nitrogens is 1. The predicted octanol–water partition coefficient (Wildman–Crippen LogP) is 3.93. The van der Waals surface area contributed by atoms with Crippen LogP contribution < -0.4 is 5.32 Å². The Morgan fingerprint density at radius 3 is 2.73 bits per heavy atom. The molecule has 0 fully saturated rings. The highest BCUT2D eigenvalue weighted by molar-refractivity contribution is 6.31. The van der Waals surface area contributed by atoms with Gasteiger partial charge in [-0.15, -0.1) is 0 Å². The van der Waals surface area contributed by atoms with Crippen LogP contribution in [0.5, 0.6) is 5.75 Å². The summed E-state index contributed by atoms with van der Waals surface area (Å²) < 4.78 is 0. The van der Waals surface area contributed by atoms with Crippen LogP contribution >= 0.6 is 11.6 Å². The lowest BCUT2D eigenvalue weighted by Crippen LogP contribution is -2.17. The summed E-state index contributed by atoms with van der Waals surface area (Å²) in [4.78, 5) is 4.44. The Labute approximate surface area is 134 Å². The van der Waals surface area contributed by atoms with Crippen LogP contribution in [-0.2, 0) is 13.0 Å². The van der Waals surface area contributed by atoms with Crippen LogP contribution in [0.25, 0.3) is 10.9 Å². The zero-order valence-corrected chi connectivity index (χ0v) is 12.8. The van der Waals surface area contributed by atoms with E-state index in [2.05, 4.69) is 10.3 Å². The minimum atomic E-state index is 0.299. The lowest BCUT2D eigenvalue weighted by molar-refractivity contribution is 0.475. The first-order valence-electron chi connectivity index (χ1n) is 7.24. The Bertz CT molecular complexity index is 772. The molecular formula is C18H17ClN2O. The van der Waals surface area contributed by atoms with E-state index in [9.17, 15) is 5.11 Å². The normalized spacial score (nSPS) is 11.0. The molecule has 0 aliphatic carbocycles.